The van der Waals surface area contributed by atoms with Gasteiger partial charge in [0.15, 0.2) is 0 Å². The molecule has 0 aliphatic carbocycles. The van der Waals surface area contributed by atoms with Gasteiger partial charge in [0, 0.05) is 17.9 Å². The topological polar surface area (TPSA) is 25.2 Å². The Morgan fingerprint density at radius 1 is 0.944 bits per heavy atom. The zero-order chi connectivity index (χ0) is 12.8. The van der Waals surface area contributed by atoms with Gasteiger partial charge in [-0.05, 0) is 37.0 Å². The summed E-state index contributed by atoms with van der Waals surface area (Å²) in [4.78, 5) is 0. The van der Waals surface area contributed by atoms with Gasteiger partial charge in [0.05, 0.1) is 6.61 Å². The molecule has 0 amide bonds. The Labute approximate surface area is 109 Å². The lowest BCUT2D eigenvalue weighted by Gasteiger charge is -2.11. The van der Waals surface area contributed by atoms with Gasteiger partial charge in [-0.3, -0.25) is 0 Å². The van der Waals surface area contributed by atoms with Gasteiger partial charge >= 0.3 is 0 Å². The summed E-state index contributed by atoms with van der Waals surface area (Å²) in [6.45, 7) is 3.29. The molecule has 0 fully saturated rings. The van der Waals surface area contributed by atoms with Gasteiger partial charge < -0.3 is 9.67 Å². The van der Waals surface area contributed by atoms with Crippen LogP contribution < -0.4 is 0 Å². The van der Waals surface area contributed by atoms with E-state index >= 15 is 0 Å². The van der Waals surface area contributed by atoms with Gasteiger partial charge in [-0.25, -0.2) is 0 Å². The summed E-state index contributed by atoms with van der Waals surface area (Å²) < 4.78 is 2.25. The molecule has 1 aromatic heterocycles. The lowest BCUT2D eigenvalue weighted by molar-refractivity contribution is 0.269. The molecule has 0 saturated heterocycles. The summed E-state index contributed by atoms with van der Waals surface area (Å²) in [6, 6.07) is 14.7. The highest BCUT2D eigenvalue weighted by molar-refractivity contribution is 5.20. The van der Waals surface area contributed by atoms with E-state index in [9.17, 15) is 5.11 Å². The number of aryl methyl sites for hydroxylation is 2. The molecular formula is C16H21NO. The van der Waals surface area contributed by atoms with Crippen LogP contribution in [-0.2, 0) is 26.0 Å². The minimum absolute atomic E-state index is 0.130. The minimum atomic E-state index is 0.130. The molecule has 0 saturated carbocycles. The Morgan fingerprint density at radius 3 is 2.33 bits per heavy atom. The number of aliphatic hydroxyl groups is 1. The molecule has 0 aliphatic heterocycles. The van der Waals surface area contributed by atoms with E-state index in [-0.39, 0.29) is 6.61 Å². The third-order valence-corrected chi connectivity index (χ3v) is 3.28. The van der Waals surface area contributed by atoms with E-state index in [1.807, 2.05) is 12.1 Å². The van der Waals surface area contributed by atoms with Crippen molar-refractivity contribution in [2.45, 2.75) is 39.3 Å². The van der Waals surface area contributed by atoms with E-state index in [1.165, 1.54) is 11.3 Å². The molecule has 0 spiro atoms. The fourth-order valence-electron chi connectivity index (χ4n) is 2.34. The Balaban J connectivity index is 2.07. The Bertz CT molecular complexity index is 473. The van der Waals surface area contributed by atoms with E-state index < -0.39 is 0 Å². The number of nitrogens with zero attached hydrogens (tertiary/aromatic N) is 1. The molecule has 0 bridgehead atoms. The van der Waals surface area contributed by atoms with Crippen LogP contribution in [-0.4, -0.2) is 9.67 Å². The molecule has 0 atom stereocenters. The summed E-state index contributed by atoms with van der Waals surface area (Å²) in [5.41, 5.74) is 3.72. The van der Waals surface area contributed by atoms with Crippen LogP contribution in [0.5, 0.6) is 0 Å². The number of aromatic nitrogens is 1. The van der Waals surface area contributed by atoms with Crippen LogP contribution >= 0.6 is 0 Å². The molecule has 2 rings (SSSR count). The van der Waals surface area contributed by atoms with Gasteiger partial charge in [0.25, 0.3) is 0 Å². The number of aliphatic hydroxyl groups excluding tert-OH is 1. The molecule has 1 N–H and O–H groups in total. The summed E-state index contributed by atoms with van der Waals surface area (Å²) in [5, 5.41) is 9.32. The normalized spacial score (nSPS) is 10.8. The smallest absolute Gasteiger partial charge is 0.0832 e. The van der Waals surface area contributed by atoms with Crippen LogP contribution in [0.3, 0.4) is 0 Å². The molecule has 0 unspecified atom stereocenters. The molecule has 2 aromatic rings. The molecule has 18 heavy (non-hydrogen) atoms. The highest BCUT2D eigenvalue weighted by Gasteiger charge is 2.06. The highest BCUT2D eigenvalue weighted by atomic mass is 16.3. The fraction of sp³-hybridized carbons (Fsp3) is 0.375. The van der Waals surface area contributed by atoms with Crippen LogP contribution in [0.4, 0.5) is 0 Å². The van der Waals surface area contributed by atoms with Gasteiger partial charge in [-0.15, -0.1) is 0 Å². The average Bonchev–Trinajstić information content (AvgIpc) is 2.80. The zero-order valence-electron chi connectivity index (χ0n) is 11.0. The Hall–Kier alpha value is -1.54. The molecule has 1 heterocycles. The van der Waals surface area contributed by atoms with Crippen molar-refractivity contribution in [3.63, 3.8) is 0 Å². The molecule has 1 aromatic carbocycles. The molecule has 96 valence electrons. The first-order chi connectivity index (χ1) is 8.85. The number of rotatable bonds is 6. The fourth-order valence-corrected chi connectivity index (χ4v) is 2.34. The summed E-state index contributed by atoms with van der Waals surface area (Å²) in [5.74, 6) is 0. The van der Waals surface area contributed by atoms with Crippen molar-refractivity contribution >= 4 is 0 Å². The van der Waals surface area contributed by atoms with E-state index in [0.29, 0.717) is 0 Å². The van der Waals surface area contributed by atoms with Gasteiger partial charge in [0.1, 0.15) is 0 Å². The second-order valence-electron chi connectivity index (χ2n) is 4.61. The van der Waals surface area contributed by atoms with Crippen molar-refractivity contribution in [2.24, 2.45) is 0 Å². The maximum Gasteiger partial charge on any atom is 0.0832 e. The summed E-state index contributed by atoms with van der Waals surface area (Å²) >= 11 is 0. The highest BCUT2D eigenvalue weighted by Crippen LogP contribution is 2.13. The van der Waals surface area contributed by atoms with Crippen molar-refractivity contribution in [1.29, 1.82) is 0 Å². The summed E-state index contributed by atoms with van der Waals surface area (Å²) in [6.07, 6.45) is 3.18. The largest absolute Gasteiger partial charge is 0.390 e. The van der Waals surface area contributed by atoms with E-state index in [1.54, 1.807) is 0 Å². The minimum Gasteiger partial charge on any atom is -0.390 e. The van der Waals surface area contributed by atoms with Gasteiger partial charge in [-0.1, -0.05) is 37.3 Å². The van der Waals surface area contributed by atoms with E-state index in [4.69, 9.17) is 0 Å². The van der Waals surface area contributed by atoms with Crippen LogP contribution in [0, 0.1) is 0 Å². The molecular weight excluding hydrogens is 222 g/mol. The van der Waals surface area contributed by atoms with Crippen LogP contribution in [0.1, 0.15) is 30.3 Å². The monoisotopic (exact) mass is 243 g/mol. The van der Waals surface area contributed by atoms with Gasteiger partial charge in [-0.2, -0.15) is 0 Å². The predicted molar refractivity (Wildman–Crippen MR) is 74.5 cm³/mol. The third-order valence-electron chi connectivity index (χ3n) is 3.28. The average molecular weight is 243 g/mol. The van der Waals surface area contributed by atoms with Crippen molar-refractivity contribution < 1.29 is 5.11 Å². The molecule has 2 nitrogen and oxygen atoms in total. The Kier molecular flexibility index (Phi) is 4.59. The maximum absolute atomic E-state index is 9.32. The van der Waals surface area contributed by atoms with Crippen molar-refractivity contribution in [2.75, 3.05) is 0 Å². The first-order valence-electron chi connectivity index (χ1n) is 6.67. The maximum atomic E-state index is 9.32. The molecule has 0 radical (unpaired) electrons. The molecule has 0 aliphatic rings. The lowest BCUT2D eigenvalue weighted by Crippen LogP contribution is -2.07. The predicted octanol–water partition coefficient (Wildman–Crippen LogP) is 3.18. The number of hydrogen-bond donors (Lipinski definition) is 1. The second kappa shape index (κ2) is 6.41. The van der Waals surface area contributed by atoms with Crippen LogP contribution in [0.25, 0.3) is 0 Å². The van der Waals surface area contributed by atoms with Crippen molar-refractivity contribution in [3.8, 4) is 0 Å². The van der Waals surface area contributed by atoms with Crippen molar-refractivity contribution in [1.82, 2.24) is 4.57 Å². The van der Waals surface area contributed by atoms with Gasteiger partial charge in [0.2, 0.25) is 0 Å². The standard InChI is InChI=1S/C16H21NO/c1-2-12-17-15(10-11-16(17)13-18)9-8-14-6-4-3-5-7-14/h3-7,10-11,18H,2,8-9,12-13H2,1H3. The first-order valence-corrected chi connectivity index (χ1v) is 6.67. The SMILES string of the molecule is CCCn1c(CO)ccc1CCc1ccccc1. The Morgan fingerprint density at radius 2 is 1.67 bits per heavy atom. The molecule has 2 heteroatoms. The van der Waals surface area contributed by atoms with E-state index in [0.717, 1.165) is 31.5 Å². The number of benzene rings is 1. The third kappa shape index (κ3) is 3.02. The number of hydrogen-bond acceptors (Lipinski definition) is 1. The first kappa shape index (κ1) is 12.9. The summed E-state index contributed by atoms with van der Waals surface area (Å²) in [7, 11) is 0. The zero-order valence-corrected chi connectivity index (χ0v) is 11.0. The van der Waals surface area contributed by atoms with Crippen LogP contribution in [0.15, 0.2) is 42.5 Å². The quantitative estimate of drug-likeness (QED) is 0.828. The van der Waals surface area contributed by atoms with Crippen molar-refractivity contribution in [3.05, 3.63) is 59.4 Å². The van der Waals surface area contributed by atoms with E-state index in [2.05, 4.69) is 41.8 Å². The second-order valence-corrected chi connectivity index (χ2v) is 4.61. The lowest BCUT2D eigenvalue weighted by atomic mass is 10.1. The van der Waals surface area contributed by atoms with Crippen LogP contribution in [0.2, 0.25) is 0 Å².